The number of imide groups is 1. The van der Waals surface area contributed by atoms with E-state index in [-0.39, 0.29) is 72.9 Å². The molecule has 0 aliphatic carbocycles. The van der Waals surface area contributed by atoms with E-state index in [4.69, 9.17) is 0 Å². The Labute approximate surface area is 492 Å². The van der Waals surface area contributed by atoms with E-state index >= 15 is 0 Å². The second-order valence-electron chi connectivity index (χ2n) is 22.8. The molecule has 3 aliphatic heterocycles. The molecule has 20 nitrogen and oxygen atoms in total. The molecule has 5 rings (SSSR count). The summed E-state index contributed by atoms with van der Waals surface area (Å²) in [6.45, 7) is 19.0. The molecule has 83 heavy (non-hydrogen) atoms. The van der Waals surface area contributed by atoms with E-state index in [1.165, 1.54) is 53.3 Å². The molecule has 0 spiro atoms. The minimum Gasteiger partial charge on any atom is -0.393 e. The number of aliphatic hydroxyl groups is 1. The predicted octanol–water partition coefficient (Wildman–Crippen LogP) is 5.56. The number of fused-ring (bicyclic) bond motifs is 2. The van der Waals surface area contributed by atoms with Crippen LogP contribution in [0.25, 0.3) is 0 Å². The molecule has 0 bridgehead atoms. The summed E-state index contributed by atoms with van der Waals surface area (Å²) in [6.07, 6.45) is 10.6. The van der Waals surface area contributed by atoms with Gasteiger partial charge in [0.2, 0.25) is 41.1 Å². The molecular weight excluding hydrogens is 1100 g/mol. The molecule has 6 N–H and O–H groups in total. The van der Waals surface area contributed by atoms with Gasteiger partial charge < -0.3 is 36.1 Å². The number of para-hydroxylation sites is 1. The standard InChI is InChI=1S/C61H83N7O13S2/c1-12-66-48-27-26-43(83(79,80)81)33-46(48)61(9,10)52(66)23-15-13-16-24-53-60(7,8)45-21-18-19-22-47(45)67(53)29-20-14-17-25-54(73)63-28-30-68-55(74)35-51(59(68)78)82-36-42(32-38(3)69)57(76)65-39(4)49(71)31-37(2)56(75)64-40(5)50(72)34-44(41(6)70)58(77)62-11/h13,15-16,18-19,21-24,26-27,33,37,39-42,44,51,70H,12,14,17,20,25,28-32,34-36H2,1-11H3,(H4-,62,63,64,65,73,75,76,77,79,80,81)/p+1/t37-,39+,40+,41-,42+,44+,51?/m0/s1. The molecule has 1 saturated heterocycles. The highest BCUT2D eigenvalue weighted by atomic mass is 32.2. The molecule has 0 aromatic heterocycles. The van der Waals surface area contributed by atoms with E-state index in [9.17, 15) is 61.2 Å². The molecule has 0 saturated carbocycles. The van der Waals surface area contributed by atoms with Gasteiger partial charge in [-0.2, -0.15) is 13.0 Å². The Kier molecular flexibility index (Phi) is 23.7. The summed E-state index contributed by atoms with van der Waals surface area (Å²) < 4.78 is 36.0. The number of benzene rings is 2. The molecule has 1 fully saturated rings. The van der Waals surface area contributed by atoms with E-state index in [0.29, 0.717) is 13.0 Å². The Morgan fingerprint density at radius 3 is 2.12 bits per heavy atom. The lowest BCUT2D eigenvalue weighted by molar-refractivity contribution is -0.438. The highest BCUT2D eigenvalue weighted by Crippen LogP contribution is 2.48. The molecule has 0 radical (unpaired) electrons. The smallest absolute Gasteiger partial charge is 0.294 e. The van der Waals surface area contributed by atoms with Crippen molar-refractivity contribution in [1.29, 1.82) is 0 Å². The number of nitrogens with one attached hydrogen (secondary N) is 4. The molecule has 3 aliphatic rings. The van der Waals surface area contributed by atoms with Crippen molar-refractivity contribution in [2.45, 2.75) is 160 Å². The lowest BCUT2D eigenvalue weighted by atomic mass is 9.81. The van der Waals surface area contributed by atoms with Gasteiger partial charge in [0.1, 0.15) is 12.3 Å². The monoisotopic (exact) mass is 1190 g/mol. The van der Waals surface area contributed by atoms with Crippen molar-refractivity contribution in [3.05, 3.63) is 89.7 Å². The van der Waals surface area contributed by atoms with Crippen molar-refractivity contribution in [3.63, 3.8) is 0 Å². The Morgan fingerprint density at radius 1 is 0.819 bits per heavy atom. The van der Waals surface area contributed by atoms with E-state index in [1.807, 2.05) is 57.2 Å². The second kappa shape index (κ2) is 29.3. The van der Waals surface area contributed by atoms with Crippen LogP contribution in [0.3, 0.4) is 0 Å². The predicted molar refractivity (Wildman–Crippen MR) is 319 cm³/mol. The van der Waals surface area contributed by atoms with Crippen LogP contribution in [0.4, 0.5) is 11.4 Å². The third-order valence-corrected chi connectivity index (χ3v) is 18.0. The highest BCUT2D eigenvalue weighted by molar-refractivity contribution is 8.00. The number of carbonyl (C=O) groups excluding carboxylic acids is 9. The SMILES string of the molecule is CCN1C(=CC=CC=CC2=[N+](CCCCCC(=O)NCCN3C(=O)CC(SC[C@@H](CC(C)=O)C(=O)N[C@H](C)C(=O)C[C@H](C)C(=O)N[C@H](C)C(=O)C[C@@H](C(=O)NC)[C@H](C)O)C3=O)c3ccccc3C2(C)C)C(C)(C)c2cc(S(=O)(=O)O)ccc21. The third-order valence-electron chi connectivity index (χ3n) is 15.8. The number of rotatable bonds is 31. The number of likely N-dealkylation sites (tertiary alicyclic amines) is 1. The number of Topliss-reactive ketones (excluding diaryl/α,β-unsaturated/α-hetero) is 3. The van der Waals surface area contributed by atoms with Gasteiger partial charge in [-0.05, 0) is 91.1 Å². The normalized spacial score (nSPS) is 19.1. The second-order valence-corrected chi connectivity index (χ2v) is 25.5. The van der Waals surface area contributed by atoms with Crippen LogP contribution < -0.4 is 26.2 Å². The largest absolute Gasteiger partial charge is 0.393 e. The summed E-state index contributed by atoms with van der Waals surface area (Å²) in [4.78, 5) is 119. The first-order valence-electron chi connectivity index (χ1n) is 28.4. The van der Waals surface area contributed by atoms with Crippen LogP contribution in [0.2, 0.25) is 0 Å². The van der Waals surface area contributed by atoms with Gasteiger partial charge in [-0.15, -0.1) is 11.8 Å². The fourth-order valence-electron chi connectivity index (χ4n) is 10.8. The van der Waals surface area contributed by atoms with E-state index < -0.39 is 97.8 Å². The van der Waals surface area contributed by atoms with Crippen molar-refractivity contribution < 1.29 is 65.8 Å². The minimum absolute atomic E-state index is 0.00225. The van der Waals surface area contributed by atoms with Gasteiger partial charge in [-0.3, -0.25) is 47.8 Å². The third kappa shape index (κ3) is 17.0. The summed E-state index contributed by atoms with van der Waals surface area (Å²) in [7, 11) is -2.98. The number of carbonyl (C=O) groups is 9. The Bertz CT molecular complexity index is 3050. The van der Waals surface area contributed by atoms with Crippen molar-refractivity contribution in [1.82, 2.24) is 26.2 Å². The number of hydrogen-bond donors (Lipinski definition) is 6. The number of ketones is 3. The summed E-state index contributed by atoms with van der Waals surface area (Å²) >= 11 is 1.07. The molecule has 2 aromatic rings. The van der Waals surface area contributed by atoms with Crippen molar-refractivity contribution in [2.75, 3.05) is 43.9 Å². The molecule has 452 valence electrons. The Balaban J connectivity index is 1.06. The fraction of sp³-hybridized carbons (Fsp3) is 0.541. The molecular formula is C61H84N7O13S2+. The van der Waals surface area contributed by atoms with Gasteiger partial charge >= 0.3 is 0 Å². The van der Waals surface area contributed by atoms with Gasteiger partial charge in [-0.1, -0.05) is 57.2 Å². The number of aliphatic hydroxyl groups excluding tert-OH is 1. The van der Waals surface area contributed by atoms with Gasteiger partial charge in [0.15, 0.2) is 17.3 Å². The number of likely N-dealkylation sites (N-methyl/N-ethyl adjacent to an activating group) is 1. The van der Waals surface area contributed by atoms with Gasteiger partial charge in [-0.25, -0.2) is 0 Å². The average Bonchev–Trinajstić information content (AvgIpc) is 2.42. The number of nitrogens with zero attached hydrogens (tertiary/aromatic N) is 3. The molecule has 2 aromatic carbocycles. The lowest BCUT2D eigenvalue weighted by Gasteiger charge is -2.25. The quantitative estimate of drug-likeness (QED) is 0.0177. The maximum atomic E-state index is 13.5. The zero-order valence-electron chi connectivity index (χ0n) is 49.7. The molecule has 22 heteroatoms. The number of thioether (sulfide) groups is 1. The summed E-state index contributed by atoms with van der Waals surface area (Å²) in [5.74, 6) is -6.95. The number of unbranched alkanes of at least 4 members (excludes halogenated alkanes) is 2. The Hall–Kier alpha value is -6.62. The summed E-state index contributed by atoms with van der Waals surface area (Å²) in [5.41, 5.74) is 5.38. The first-order chi connectivity index (χ1) is 38.9. The minimum atomic E-state index is -4.36. The zero-order chi connectivity index (χ0) is 61.7. The Morgan fingerprint density at radius 2 is 1.48 bits per heavy atom. The first kappa shape index (κ1) is 67.2. The lowest BCUT2D eigenvalue weighted by Crippen LogP contribution is -2.46. The van der Waals surface area contributed by atoms with Gasteiger partial charge in [0.05, 0.1) is 45.6 Å². The van der Waals surface area contributed by atoms with Crippen molar-refractivity contribution >= 4 is 91.8 Å². The molecule has 7 atom stereocenters. The summed E-state index contributed by atoms with van der Waals surface area (Å²) in [5, 5.41) is 19.5. The van der Waals surface area contributed by atoms with Crippen LogP contribution in [0, 0.1) is 17.8 Å². The van der Waals surface area contributed by atoms with E-state index in [2.05, 4.69) is 62.8 Å². The van der Waals surface area contributed by atoms with Gasteiger partial charge in [0, 0.05) is 111 Å². The van der Waals surface area contributed by atoms with Crippen molar-refractivity contribution in [3.8, 4) is 0 Å². The molecule has 1 unspecified atom stereocenters. The van der Waals surface area contributed by atoms with Crippen LogP contribution in [0.5, 0.6) is 0 Å². The molecule has 6 amide bonds. The maximum Gasteiger partial charge on any atom is 0.294 e. The van der Waals surface area contributed by atoms with Crippen LogP contribution in [-0.2, 0) is 64.1 Å². The highest BCUT2D eigenvalue weighted by Gasteiger charge is 2.45. The topological polar surface area (TPSA) is 286 Å². The first-order valence-corrected chi connectivity index (χ1v) is 30.9. The zero-order valence-corrected chi connectivity index (χ0v) is 51.3. The van der Waals surface area contributed by atoms with Crippen LogP contribution >= 0.6 is 11.8 Å². The summed E-state index contributed by atoms with van der Waals surface area (Å²) in [6, 6.07) is 11.0. The van der Waals surface area contributed by atoms with E-state index in [0.717, 1.165) is 64.4 Å². The number of allylic oxidation sites excluding steroid dienone is 6. The van der Waals surface area contributed by atoms with E-state index in [1.54, 1.807) is 12.1 Å². The number of hydrogen-bond acceptors (Lipinski definition) is 14. The van der Waals surface area contributed by atoms with Crippen molar-refractivity contribution in [2.24, 2.45) is 17.8 Å². The number of anilines is 1. The van der Waals surface area contributed by atoms with Gasteiger partial charge in [0.25, 0.3) is 10.1 Å². The maximum absolute atomic E-state index is 13.5. The number of amides is 6. The average molecular weight is 1190 g/mol. The van der Waals surface area contributed by atoms with Crippen LogP contribution in [-0.4, -0.2) is 148 Å². The fourth-order valence-corrected chi connectivity index (χ4v) is 12.6. The van der Waals surface area contributed by atoms with Crippen LogP contribution in [0.15, 0.2) is 83.4 Å². The van der Waals surface area contributed by atoms with Crippen LogP contribution in [0.1, 0.15) is 132 Å². The molecule has 3 heterocycles.